The average molecular weight is 233 g/mol. The van der Waals surface area contributed by atoms with Crippen LogP contribution in [0.2, 0.25) is 0 Å². The molecule has 0 amide bonds. The first-order valence-corrected chi connectivity index (χ1v) is 4.93. The highest BCUT2D eigenvalue weighted by Crippen LogP contribution is 2.19. The summed E-state index contributed by atoms with van der Waals surface area (Å²) in [7, 11) is 0. The van der Waals surface area contributed by atoms with Crippen LogP contribution < -0.4 is 5.73 Å². The Morgan fingerprint density at radius 1 is 1.06 bits per heavy atom. The zero-order chi connectivity index (χ0) is 12.0. The summed E-state index contributed by atoms with van der Waals surface area (Å²) in [6, 6.07) is 7.27. The van der Waals surface area contributed by atoms with Gasteiger partial charge in [-0.05, 0) is 11.1 Å². The Kier molecular flexibility index (Phi) is 4.76. The Morgan fingerprint density at radius 2 is 1.62 bits per heavy atom. The van der Waals surface area contributed by atoms with Crippen LogP contribution in [-0.2, 0) is 17.9 Å². The molecule has 2 nitrogen and oxygen atoms in total. The van der Waals surface area contributed by atoms with Gasteiger partial charge in [-0.3, -0.25) is 0 Å². The summed E-state index contributed by atoms with van der Waals surface area (Å²) in [6.45, 7) is 0.346. The largest absolute Gasteiger partial charge is 0.391 e. The number of hydrogen-bond donors (Lipinski definition) is 1. The van der Waals surface area contributed by atoms with Gasteiger partial charge in [0, 0.05) is 6.54 Å². The number of ether oxygens (including phenoxy) is 1. The van der Waals surface area contributed by atoms with E-state index in [4.69, 9.17) is 10.5 Å². The maximum atomic E-state index is 11.8. The van der Waals surface area contributed by atoms with Gasteiger partial charge in [0.15, 0.2) is 0 Å². The Balaban J connectivity index is 2.27. The molecule has 0 bridgehead atoms. The van der Waals surface area contributed by atoms with Crippen LogP contribution in [0.1, 0.15) is 17.5 Å². The minimum Gasteiger partial charge on any atom is -0.376 e. The van der Waals surface area contributed by atoms with Crippen molar-refractivity contribution in [2.24, 2.45) is 5.73 Å². The van der Waals surface area contributed by atoms with Crippen LogP contribution in [0.25, 0.3) is 0 Å². The van der Waals surface area contributed by atoms with Gasteiger partial charge in [-0.2, -0.15) is 13.2 Å². The Labute approximate surface area is 92.2 Å². The van der Waals surface area contributed by atoms with Crippen molar-refractivity contribution in [3.05, 3.63) is 35.4 Å². The van der Waals surface area contributed by atoms with E-state index < -0.39 is 12.6 Å². The fourth-order valence-electron chi connectivity index (χ4n) is 1.15. The van der Waals surface area contributed by atoms with Gasteiger partial charge in [-0.25, -0.2) is 0 Å². The van der Waals surface area contributed by atoms with E-state index in [-0.39, 0.29) is 13.2 Å². The second-order valence-corrected chi connectivity index (χ2v) is 3.44. The summed E-state index contributed by atoms with van der Waals surface area (Å²) < 4.78 is 40.3. The lowest BCUT2D eigenvalue weighted by Crippen LogP contribution is -2.11. The van der Waals surface area contributed by atoms with Gasteiger partial charge in [-0.1, -0.05) is 24.3 Å². The number of hydrogen-bond acceptors (Lipinski definition) is 2. The molecule has 0 saturated carbocycles. The van der Waals surface area contributed by atoms with Gasteiger partial charge in [0.25, 0.3) is 0 Å². The molecule has 0 aromatic heterocycles. The molecule has 0 radical (unpaired) electrons. The zero-order valence-electron chi connectivity index (χ0n) is 8.76. The minimum absolute atomic E-state index is 0.195. The number of halogens is 3. The van der Waals surface area contributed by atoms with Crippen molar-refractivity contribution in [3.63, 3.8) is 0 Å². The fourth-order valence-corrected chi connectivity index (χ4v) is 1.15. The molecule has 1 aromatic carbocycles. The fraction of sp³-hybridized carbons (Fsp3) is 0.455. The second kappa shape index (κ2) is 5.86. The normalized spacial score (nSPS) is 11.8. The van der Waals surface area contributed by atoms with E-state index in [1.807, 2.05) is 12.1 Å². The molecular formula is C11H14F3NO. The highest BCUT2D eigenvalue weighted by atomic mass is 19.4. The predicted octanol–water partition coefficient (Wildman–Crippen LogP) is 2.61. The summed E-state index contributed by atoms with van der Waals surface area (Å²) in [5.74, 6) is 0. The third kappa shape index (κ3) is 5.14. The molecule has 1 aromatic rings. The van der Waals surface area contributed by atoms with Crippen molar-refractivity contribution in [2.45, 2.75) is 25.7 Å². The van der Waals surface area contributed by atoms with E-state index in [2.05, 4.69) is 0 Å². The molecule has 0 heterocycles. The van der Waals surface area contributed by atoms with Gasteiger partial charge in [0.1, 0.15) is 0 Å². The maximum absolute atomic E-state index is 11.8. The summed E-state index contributed by atoms with van der Waals surface area (Å²) in [6.07, 6.45) is -5.06. The number of nitrogens with two attached hydrogens (primary N) is 1. The first-order chi connectivity index (χ1) is 7.51. The Bertz CT molecular complexity index is 308. The zero-order valence-corrected chi connectivity index (χ0v) is 8.76. The molecule has 5 heteroatoms. The molecule has 1 rings (SSSR count). The van der Waals surface area contributed by atoms with E-state index in [0.29, 0.717) is 6.54 Å². The van der Waals surface area contributed by atoms with Crippen molar-refractivity contribution in [1.29, 1.82) is 0 Å². The molecule has 0 aliphatic rings. The highest BCUT2D eigenvalue weighted by Gasteiger charge is 2.26. The number of rotatable bonds is 5. The Morgan fingerprint density at radius 3 is 2.12 bits per heavy atom. The molecule has 0 atom stereocenters. The minimum atomic E-state index is -4.15. The van der Waals surface area contributed by atoms with Crippen molar-refractivity contribution < 1.29 is 17.9 Å². The molecule has 0 fully saturated rings. The molecule has 16 heavy (non-hydrogen) atoms. The maximum Gasteiger partial charge on any atom is 0.391 e. The smallest absolute Gasteiger partial charge is 0.376 e. The number of benzene rings is 1. The molecule has 0 spiro atoms. The van der Waals surface area contributed by atoms with E-state index in [9.17, 15) is 13.2 Å². The van der Waals surface area contributed by atoms with Crippen LogP contribution >= 0.6 is 0 Å². The highest BCUT2D eigenvalue weighted by molar-refractivity contribution is 5.21. The molecule has 0 aliphatic carbocycles. The van der Waals surface area contributed by atoms with Crippen LogP contribution in [0.15, 0.2) is 24.3 Å². The molecule has 0 saturated heterocycles. The van der Waals surface area contributed by atoms with Gasteiger partial charge in [0.05, 0.1) is 19.6 Å². The SMILES string of the molecule is NCc1ccc(COCCC(F)(F)F)cc1. The lowest BCUT2D eigenvalue weighted by Gasteiger charge is -2.07. The van der Waals surface area contributed by atoms with E-state index >= 15 is 0 Å². The topological polar surface area (TPSA) is 35.2 Å². The molecule has 90 valence electrons. The summed E-state index contributed by atoms with van der Waals surface area (Å²) in [5, 5.41) is 0. The molecule has 0 unspecified atom stereocenters. The van der Waals surface area contributed by atoms with Crippen LogP contribution in [0.4, 0.5) is 13.2 Å². The van der Waals surface area contributed by atoms with Gasteiger partial charge < -0.3 is 10.5 Å². The van der Waals surface area contributed by atoms with E-state index in [1.165, 1.54) is 0 Å². The molecular weight excluding hydrogens is 219 g/mol. The van der Waals surface area contributed by atoms with Crippen molar-refractivity contribution in [2.75, 3.05) is 6.61 Å². The summed E-state index contributed by atoms with van der Waals surface area (Å²) in [4.78, 5) is 0. The van der Waals surface area contributed by atoms with Gasteiger partial charge in [0.2, 0.25) is 0 Å². The third-order valence-corrected chi connectivity index (χ3v) is 2.06. The van der Waals surface area contributed by atoms with Gasteiger partial charge in [-0.15, -0.1) is 0 Å². The first-order valence-electron chi connectivity index (χ1n) is 4.93. The third-order valence-electron chi connectivity index (χ3n) is 2.06. The molecule has 0 aliphatic heterocycles. The van der Waals surface area contributed by atoms with Crippen LogP contribution in [0.5, 0.6) is 0 Å². The lowest BCUT2D eigenvalue weighted by atomic mass is 10.1. The van der Waals surface area contributed by atoms with Crippen molar-refractivity contribution in [1.82, 2.24) is 0 Å². The summed E-state index contributed by atoms with van der Waals surface area (Å²) in [5.41, 5.74) is 7.25. The van der Waals surface area contributed by atoms with E-state index in [1.54, 1.807) is 12.1 Å². The Hall–Kier alpha value is -1.07. The quantitative estimate of drug-likeness (QED) is 0.793. The lowest BCUT2D eigenvalue weighted by molar-refractivity contribution is -0.146. The van der Waals surface area contributed by atoms with Crippen LogP contribution in [-0.4, -0.2) is 12.8 Å². The van der Waals surface area contributed by atoms with Crippen molar-refractivity contribution in [3.8, 4) is 0 Å². The molecule has 2 N–H and O–H groups in total. The standard InChI is InChI=1S/C11H14F3NO/c12-11(13,14)5-6-16-8-10-3-1-9(7-15)2-4-10/h1-4H,5-8,15H2. The number of alkyl halides is 3. The second-order valence-electron chi connectivity index (χ2n) is 3.44. The monoisotopic (exact) mass is 233 g/mol. The summed E-state index contributed by atoms with van der Waals surface area (Å²) >= 11 is 0. The van der Waals surface area contributed by atoms with Gasteiger partial charge >= 0.3 is 6.18 Å². The predicted molar refractivity (Wildman–Crippen MR) is 54.7 cm³/mol. The average Bonchev–Trinajstić information content (AvgIpc) is 2.24. The van der Waals surface area contributed by atoms with E-state index in [0.717, 1.165) is 11.1 Å². The van der Waals surface area contributed by atoms with Crippen LogP contribution in [0.3, 0.4) is 0 Å². The first kappa shape index (κ1) is 13.0. The van der Waals surface area contributed by atoms with Crippen LogP contribution in [0, 0.1) is 0 Å². The van der Waals surface area contributed by atoms with Crippen molar-refractivity contribution >= 4 is 0 Å².